The highest BCUT2D eigenvalue weighted by Gasteiger charge is 2.41. The first-order chi connectivity index (χ1) is 10.1. The third-order valence-electron chi connectivity index (χ3n) is 4.31. The van der Waals surface area contributed by atoms with Crippen LogP contribution in [0.15, 0.2) is 16.8 Å². The number of nitrogens with zero attached hydrogens (tertiary/aromatic N) is 3. The maximum Gasteiger partial charge on any atom is 0.254 e. The number of likely N-dealkylation sites (N-methyl/N-ethyl adjacent to an activating group) is 1. The number of carbonyl (C=O) groups is 1. The van der Waals surface area contributed by atoms with Gasteiger partial charge in [-0.2, -0.15) is 11.3 Å². The Bertz CT molecular complexity index is 477. The Kier molecular flexibility index (Phi) is 4.59. The van der Waals surface area contributed by atoms with Crippen LogP contribution in [0.4, 0.5) is 0 Å². The van der Waals surface area contributed by atoms with Gasteiger partial charge in [0, 0.05) is 38.1 Å². The van der Waals surface area contributed by atoms with E-state index in [4.69, 9.17) is 4.74 Å². The summed E-state index contributed by atoms with van der Waals surface area (Å²) in [7, 11) is 4.19. The number of ether oxygens (including phenoxy) is 1. The molecule has 21 heavy (non-hydrogen) atoms. The van der Waals surface area contributed by atoms with Crippen molar-refractivity contribution in [3.63, 3.8) is 0 Å². The number of thiophene rings is 1. The monoisotopic (exact) mass is 309 g/mol. The molecular weight excluding hydrogens is 286 g/mol. The predicted molar refractivity (Wildman–Crippen MR) is 83.9 cm³/mol. The molecule has 3 heterocycles. The molecule has 2 saturated heterocycles. The molecule has 0 spiro atoms. The average Bonchev–Trinajstić information content (AvgIpc) is 3.13. The van der Waals surface area contributed by atoms with Crippen LogP contribution in [0.25, 0.3) is 0 Å². The number of morpholine rings is 1. The normalized spacial score (nSPS) is 26.3. The molecule has 3 rings (SSSR count). The Morgan fingerprint density at radius 3 is 3.05 bits per heavy atom. The van der Waals surface area contributed by atoms with E-state index in [9.17, 15) is 4.79 Å². The molecule has 0 N–H and O–H groups in total. The number of carbonyl (C=O) groups excluding carboxylic acids is 1. The minimum absolute atomic E-state index is 0.141. The maximum absolute atomic E-state index is 12.5. The number of fused-ring (bicyclic) bond motifs is 1. The number of hydrogen-bond donors (Lipinski definition) is 0. The van der Waals surface area contributed by atoms with E-state index in [1.807, 2.05) is 21.7 Å². The summed E-state index contributed by atoms with van der Waals surface area (Å²) in [5.41, 5.74) is 0.804. The quantitative estimate of drug-likeness (QED) is 0.826. The molecule has 0 radical (unpaired) electrons. The fourth-order valence-electron chi connectivity index (χ4n) is 3.10. The lowest BCUT2D eigenvalue weighted by atomic mass is 10.1. The van der Waals surface area contributed by atoms with Gasteiger partial charge < -0.3 is 14.5 Å². The van der Waals surface area contributed by atoms with Crippen molar-refractivity contribution in [3.05, 3.63) is 22.4 Å². The van der Waals surface area contributed by atoms with E-state index in [-0.39, 0.29) is 12.0 Å². The second-order valence-corrected chi connectivity index (χ2v) is 6.82. The van der Waals surface area contributed by atoms with Crippen molar-refractivity contribution in [1.82, 2.24) is 14.7 Å². The van der Waals surface area contributed by atoms with Gasteiger partial charge in [-0.15, -0.1) is 0 Å². The van der Waals surface area contributed by atoms with E-state index in [0.717, 1.165) is 44.9 Å². The highest BCUT2D eigenvalue weighted by atomic mass is 32.1. The molecule has 0 unspecified atom stereocenters. The molecule has 2 aliphatic rings. The molecule has 2 fully saturated rings. The number of likely N-dealkylation sites (tertiary alicyclic amines) is 1. The van der Waals surface area contributed by atoms with Crippen LogP contribution in [-0.2, 0) is 4.74 Å². The van der Waals surface area contributed by atoms with Crippen LogP contribution >= 0.6 is 11.3 Å². The summed E-state index contributed by atoms with van der Waals surface area (Å²) in [6, 6.07) is 2.25. The smallest absolute Gasteiger partial charge is 0.254 e. The highest BCUT2D eigenvalue weighted by Crippen LogP contribution is 2.24. The topological polar surface area (TPSA) is 36.0 Å². The molecule has 0 bridgehead atoms. The van der Waals surface area contributed by atoms with Crippen molar-refractivity contribution in [2.45, 2.75) is 12.1 Å². The van der Waals surface area contributed by atoms with E-state index in [1.54, 1.807) is 11.3 Å². The first-order valence-corrected chi connectivity index (χ1v) is 8.41. The largest absolute Gasteiger partial charge is 0.373 e. The van der Waals surface area contributed by atoms with Crippen LogP contribution in [0.1, 0.15) is 10.4 Å². The zero-order valence-electron chi connectivity index (χ0n) is 12.7. The first kappa shape index (κ1) is 15.0. The molecule has 5 nitrogen and oxygen atoms in total. The van der Waals surface area contributed by atoms with E-state index in [1.165, 1.54) is 0 Å². The van der Waals surface area contributed by atoms with Gasteiger partial charge in [0.05, 0.1) is 24.3 Å². The molecule has 6 heteroatoms. The SMILES string of the molecule is CN(C)CCN1CCO[C@@H]2CN(C(=O)c3ccsc3)C[C@@H]21. The molecular formula is C15H23N3O2S. The van der Waals surface area contributed by atoms with Gasteiger partial charge in [0.25, 0.3) is 5.91 Å². The number of hydrogen-bond acceptors (Lipinski definition) is 5. The molecule has 116 valence electrons. The van der Waals surface area contributed by atoms with E-state index < -0.39 is 0 Å². The molecule has 1 aromatic heterocycles. The third kappa shape index (κ3) is 3.29. The summed E-state index contributed by atoms with van der Waals surface area (Å²) >= 11 is 1.57. The molecule has 2 aliphatic heterocycles. The summed E-state index contributed by atoms with van der Waals surface area (Å²) < 4.78 is 5.89. The average molecular weight is 309 g/mol. The molecule has 2 atom stereocenters. The van der Waals surface area contributed by atoms with Gasteiger partial charge in [0.15, 0.2) is 0 Å². The minimum atomic E-state index is 0.141. The van der Waals surface area contributed by atoms with Gasteiger partial charge in [0.2, 0.25) is 0 Å². The van der Waals surface area contributed by atoms with E-state index >= 15 is 0 Å². The molecule has 1 amide bonds. The van der Waals surface area contributed by atoms with Gasteiger partial charge in [0.1, 0.15) is 0 Å². The zero-order valence-corrected chi connectivity index (χ0v) is 13.5. The third-order valence-corrected chi connectivity index (χ3v) is 4.99. The lowest BCUT2D eigenvalue weighted by Crippen LogP contribution is -2.52. The van der Waals surface area contributed by atoms with Crippen molar-refractivity contribution >= 4 is 17.2 Å². The zero-order chi connectivity index (χ0) is 14.8. The summed E-state index contributed by atoms with van der Waals surface area (Å²) in [6.07, 6.45) is 0.170. The standard InChI is InChI=1S/C15H23N3O2S/c1-16(2)4-5-17-6-7-20-14-10-18(9-13(14)17)15(19)12-3-8-21-11-12/h3,8,11,13-14H,4-7,9-10H2,1-2H3/t13-,14+/m0/s1. The van der Waals surface area contributed by atoms with Gasteiger partial charge in [-0.1, -0.05) is 0 Å². The second-order valence-electron chi connectivity index (χ2n) is 6.04. The summed E-state index contributed by atoms with van der Waals surface area (Å²) in [5, 5.41) is 3.88. The summed E-state index contributed by atoms with van der Waals surface area (Å²) in [6.45, 7) is 5.33. The van der Waals surface area contributed by atoms with Gasteiger partial charge in [-0.25, -0.2) is 0 Å². The molecule has 0 saturated carbocycles. The van der Waals surface area contributed by atoms with Gasteiger partial charge >= 0.3 is 0 Å². The molecule has 1 aromatic rings. The van der Waals surface area contributed by atoms with Crippen LogP contribution < -0.4 is 0 Å². The van der Waals surface area contributed by atoms with Gasteiger partial charge in [-0.3, -0.25) is 9.69 Å². The minimum Gasteiger partial charge on any atom is -0.373 e. The lowest BCUT2D eigenvalue weighted by Gasteiger charge is -2.37. The number of rotatable bonds is 4. The van der Waals surface area contributed by atoms with Crippen molar-refractivity contribution in [2.75, 3.05) is 53.4 Å². The van der Waals surface area contributed by atoms with Crippen LogP contribution in [0.5, 0.6) is 0 Å². The Labute approximate surface area is 130 Å². The molecule has 0 aliphatic carbocycles. The second kappa shape index (κ2) is 6.44. The van der Waals surface area contributed by atoms with Crippen molar-refractivity contribution in [3.8, 4) is 0 Å². The fraction of sp³-hybridized carbons (Fsp3) is 0.667. The summed E-state index contributed by atoms with van der Waals surface area (Å²) in [4.78, 5) is 19.1. The predicted octanol–water partition coefficient (Wildman–Crippen LogP) is 0.835. The van der Waals surface area contributed by atoms with Crippen molar-refractivity contribution in [1.29, 1.82) is 0 Å². The Hall–Kier alpha value is -0.950. The van der Waals surface area contributed by atoms with Crippen molar-refractivity contribution < 1.29 is 9.53 Å². The Morgan fingerprint density at radius 2 is 2.33 bits per heavy atom. The van der Waals surface area contributed by atoms with Crippen LogP contribution in [0.3, 0.4) is 0 Å². The first-order valence-electron chi connectivity index (χ1n) is 7.47. The molecule has 0 aromatic carbocycles. The Morgan fingerprint density at radius 1 is 1.48 bits per heavy atom. The van der Waals surface area contributed by atoms with Crippen LogP contribution in [0.2, 0.25) is 0 Å². The highest BCUT2D eigenvalue weighted by molar-refractivity contribution is 7.08. The maximum atomic E-state index is 12.5. The van der Waals surface area contributed by atoms with Crippen LogP contribution in [-0.4, -0.2) is 86.2 Å². The van der Waals surface area contributed by atoms with Crippen molar-refractivity contribution in [2.24, 2.45) is 0 Å². The van der Waals surface area contributed by atoms with Gasteiger partial charge in [-0.05, 0) is 25.5 Å². The van der Waals surface area contributed by atoms with Crippen LogP contribution in [0, 0.1) is 0 Å². The Balaban J connectivity index is 1.64. The fourth-order valence-corrected chi connectivity index (χ4v) is 3.73. The summed E-state index contributed by atoms with van der Waals surface area (Å²) in [5.74, 6) is 0.141. The van der Waals surface area contributed by atoms with E-state index in [2.05, 4.69) is 23.9 Å². The lowest BCUT2D eigenvalue weighted by molar-refractivity contribution is -0.0482. The van der Waals surface area contributed by atoms with E-state index in [0.29, 0.717) is 6.04 Å². The number of amides is 1.